The van der Waals surface area contributed by atoms with Gasteiger partial charge >= 0.3 is 5.97 Å². The van der Waals surface area contributed by atoms with E-state index in [9.17, 15) is 14.7 Å². The van der Waals surface area contributed by atoms with Crippen molar-refractivity contribution in [3.8, 4) is 5.75 Å². The first kappa shape index (κ1) is 19.2. The SMILES string of the molecule is COCC1(C(=O)O)CCCN(C(=O)C(C)Oc2cccc3ccccc23)C1. The van der Waals surface area contributed by atoms with Gasteiger partial charge in [-0.1, -0.05) is 36.4 Å². The maximum absolute atomic E-state index is 12.9. The Bertz CT molecular complexity index is 827. The Morgan fingerprint density at radius 1 is 1.22 bits per heavy atom. The largest absolute Gasteiger partial charge is 0.481 e. The van der Waals surface area contributed by atoms with Crippen molar-refractivity contribution in [2.24, 2.45) is 5.41 Å². The third-order valence-electron chi connectivity index (χ3n) is 5.16. The summed E-state index contributed by atoms with van der Waals surface area (Å²) < 4.78 is 11.1. The number of carboxylic acids is 1. The Labute approximate surface area is 158 Å². The first-order chi connectivity index (χ1) is 13.0. The van der Waals surface area contributed by atoms with Crippen LogP contribution in [0.25, 0.3) is 10.8 Å². The molecule has 6 heteroatoms. The summed E-state index contributed by atoms with van der Waals surface area (Å²) in [4.78, 5) is 26.3. The zero-order valence-electron chi connectivity index (χ0n) is 15.7. The van der Waals surface area contributed by atoms with Crippen LogP contribution in [-0.4, -0.2) is 54.8 Å². The highest BCUT2D eigenvalue weighted by atomic mass is 16.5. The Morgan fingerprint density at radius 2 is 1.96 bits per heavy atom. The average molecular weight is 371 g/mol. The number of amides is 1. The van der Waals surface area contributed by atoms with E-state index >= 15 is 0 Å². The lowest BCUT2D eigenvalue weighted by molar-refractivity contribution is -0.160. The van der Waals surface area contributed by atoms with E-state index in [1.54, 1.807) is 11.8 Å². The van der Waals surface area contributed by atoms with Crippen molar-refractivity contribution in [3.05, 3.63) is 42.5 Å². The molecule has 1 saturated heterocycles. The summed E-state index contributed by atoms with van der Waals surface area (Å²) in [7, 11) is 1.48. The zero-order valence-corrected chi connectivity index (χ0v) is 15.7. The van der Waals surface area contributed by atoms with Gasteiger partial charge in [-0.2, -0.15) is 0 Å². The fourth-order valence-electron chi connectivity index (χ4n) is 3.75. The number of aliphatic carboxylic acids is 1. The molecule has 0 aliphatic carbocycles. The molecule has 1 heterocycles. The highest BCUT2D eigenvalue weighted by molar-refractivity contribution is 5.89. The van der Waals surface area contributed by atoms with Crippen LogP contribution in [0.15, 0.2) is 42.5 Å². The predicted molar refractivity (Wildman–Crippen MR) is 102 cm³/mol. The third-order valence-corrected chi connectivity index (χ3v) is 5.16. The van der Waals surface area contributed by atoms with Gasteiger partial charge in [0, 0.05) is 25.6 Å². The maximum Gasteiger partial charge on any atom is 0.313 e. The number of piperidine rings is 1. The molecular formula is C21H25NO5. The van der Waals surface area contributed by atoms with Crippen LogP contribution in [0.1, 0.15) is 19.8 Å². The van der Waals surface area contributed by atoms with Gasteiger partial charge in [0.05, 0.1) is 6.61 Å². The maximum atomic E-state index is 12.9. The molecule has 1 N–H and O–H groups in total. The van der Waals surface area contributed by atoms with Gasteiger partial charge in [0.2, 0.25) is 0 Å². The molecule has 2 atom stereocenters. The molecule has 2 unspecified atom stereocenters. The van der Waals surface area contributed by atoms with E-state index in [2.05, 4.69) is 0 Å². The molecule has 0 bridgehead atoms. The Balaban J connectivity index is 1.75. The van der Waals surface area contributed by atoms with Gasteiger partial charge in [-0.3, -0.25) is 9.59 Å². The van der Waals surface area contributed by atoms with Crippen molar-refractivity contribution in [3.63, 3.8) is 0 Å². The fraction of sp³-hybridized carbons (Fsp3) is 0.429. The molecule has 2 aromatic rings. The quantitative estimate of drug-likeness (QED) is 0.845. The monoisotopic (exact) mass is 371 g/mol. The molecule has 0 radical (unpaired) electrons. The molecule has 0 spiro atoms. The van der Waals surface area contributed by atoms with Gasteiger partial charge in [-0.15, -0.1) is 0 Å². The lowest BCUT2D eigenvalue weighted by Gasteiger charge is -2.40. The summed E-state index contributed by atoms with van der Waals surface area (Å²) in [6.45, 7) is 2.46. The first-order valence-corrected chi connectivity index (χ1v) is 9.12. The topological polar surface area (TPSA) is 76.1 Å². The van der Waals surface area contributed by atoms with Crippen molar-refractivity contribution < 1.29 is 24.2 Å². The minimum absolute atomic E-state index is 0.0880. The van der Waals surface area contributed by atoms with E-state index in [4.69, 9.17) is 9.47 Å². The number of nitrogens with zero attached hydrogens (tertiary/aromatic N) is 1. The van der Waals surface area contributed by atoms with Crippen molar-refractivity contribution in [2.75, 3.05) is 26.8 Å². The molecule has 27 heavy (non-hydrogen) atoms. The summed E-state index contributed by atoms with van der Waals surface area (Å²) in [5.41, 5.74) is -1.05. The molecule has 6 nitrogen and oxygen atoms in total. The van der Waals surface area contributed by atoms with Crippen LogP contribution in [0.2, 0.25) is 0 Å². The number of carbonyl (C=O) groups excluding carboxylic acids is 1. The number of fused-ring (bicyclic) bond motifs is 1. The van der Waals surface area contributed by atoms with E-state index in [-0.39, 0.29) is 19.1 Å². The number of likely N-dealkylation sites (tertiary alicyclic amines) is 1. The zero-order chi connectivity index (χ0) is 19.4. The van der Waals surface area contributed by atoms with Crippen LogP contribution in [0.3, 0.4) is 0 Å². The van der Waals surface area contributed by atoms with Crippen LogP contribution >= 0.6 is 0 Å². The number of benzene rings is 2. The van der Waals surface area contributed by atoms with Crippen LogP contribution in [0, 0.1) is 5.41 Å². The van der Waals surface area contributed by atoms with Crippen LogP contribution in [-0.2, 0) is 14.3 Å². The highest BCUT2D eigenvalue weighted by Crippen LogP contribution is 2.32. The van der Waals surface area contributed by atoms with Crippen molar-refractivity contribution in [1.82, 2.24) is 4.90 Å². The van der Waals surface area contributed by atoms with Crippen molar-refractivity contribution >= 4 is 22.6 Å². The smallest absolute Gasteiger partial charge is 0.313 e. The van der Waals surface area contributed by atoms with Gasteiger partial charge in [-0.25, -0.2) is 0 Å². The normalized spacial score (nSPS) is 21.0. The first-order valence-electron chi connectivity index (χ1n) is 9.12. The molecule has 144 valence electrons. The van der Waals surface area contributed by atoms with Crippen LogP contribution in [0.4, 0.5) is 0 Å². The summed E-state index contributed by atoms with van der Waals surface area (Å²) in [5, 5.41) is 11.6. The molecule has 0 saturated carbocycles. The Hall–Kier alpha value is -2.60. The fourth-order valence-corrected chi connectivity index (χ4v) is 3.75. The number of carbonyl (C=O) groups is 2. The average Bonchev–Trinajstić information content (AvgIpc) is 2.68. The van der Waals surface area contributed by atoms with E-state index < -0.39 is 17.5 Å². The summed E-state index contributed by atoms with van der Waals surface area (Å²) in [6, 6.07) is 13.6. The summed E-state index contributed by atoms with van der Waals surface area (Å²) in [5.74, 6) is -0.485. The molecule has 0 aromatic heterocycles. The second-order valence-electron chi connectivity index (χ2n) is 7.12. The molecule has 1 aliphatic heterocycles. The number of ether oxygens (including phenoxy) is 2. The molecule has 2 aromatic carbocycles. The standard InChI is InChI=1S/C21H25NO5/c1-15(27-18-10-5-8-16-7-3-4-9-17(16)18)19(23)22-12-6-11-21(13-22,14-26-2)20(24)25/h3-5,7-10,15H,6,11-14H2,1-2H3,(H,24,25). The van der Waals surface area contributed by atoms with Gasteiger partial charge in [0.15, 0.2) is 6.10 Å². The lowest BCUT2D eigenvalue weighted by Crippen LogP contribution is -2.54. The van der Waals surface area contributed by atoms with Crippen molar-refractivity contribution in [2.45, 2.75) is 25.9 Å². The third kappa shape index (κ3) is 3.90. The van der Waals surface area contributed by atoms with Crippen molar-refractivity contribution in [1.29, 1.82) is 0 Å². The number of methoxy groups -OCH3 is 1. The van der Waals surface area contributed by atoms with Gasteiger partial charge in [0.25, 0.3) is 5.91 Å². The second kappa shape index (κ2) is 7.96. The van der Waals surface area contributed by atoms with E-state index in [1.165, 1.54) is 7.11 Å². The second-order valence-corrected chi connectivity index (χ2v) is 7.12. The van der Waals surface area contributed by atoms with Crippen LogP contribution < -0.4 is 4.74 Å². The Morgan fingerprint density at radius 3 is 2.70 bits per heavy atom. The molecule has 1 amide bonds. The number of carboxylic acid groups (broad SMARTS) is 1. The van der Waals surface area contributed by atoms with Gasteiger partial charge in [0.1, 0.15) is 11.2 Å². The summed E-state index contributed by atoms with van der Waals surface area (Å²) in [6.07, 6.45) is 0.420. The van der Waals surface area contributed by atoms with E-state index in [0.29, 0.717) is 25.1 Å². The van der Waals surface area contributed by atoms with Crippen LogP contribution in [0.5, 0.6) is 5.75 Å². The minimum Gasteiger partial charge on any atom is -0.481 e. The number of hydrogen-bond acceptors (Lipinski definition) is 4. The molecule has 1 fully saturated rings. The molecule has 3 rings (SSSR count). The van der Waals surface area contributed by atoms with Gasteiger partial charge in [-0.05, 0) is 31.2 Å². The summed E-state index contributed by atoms with van der Waals surface area (Å²) >= 11 is 0. The predicted octanol–water partition coefficient (Wildman–Crippen LogP) is 2.95. The highest BCUT2D eigenvalue weighted by Gasteiger charge is 2.44. The van der Waals surface area contributed by atoms with E-state index in [0.717, 1.165) is 10.8 Å². The minimum atomic E-state index is -1.05. The molecule has 1 aliphatic rings. The number of hydrogen-bond donors (Lipinski definition) is 1. The van der Waals surface area contributed by atoms with E-state index in [1.807, 2.05) is 42.5 Å². The lowest BCUT2D eigenvalue weighted by atomic mass is 9.80. The van der Waals surface area contributed by atoms with Gasteiger partial charge < -0.3 is 19.5 Å². The molecular weight excluding hydrogens is 346 g/mol. The number of rotatable bonds is 6. The Kier molecular flexibility index (Phi) is 5.65.